The second kappa shape index (κ2) is 7.96. The summed E-state index contributed by atoms with van der Waals surface area (Å²) in [5, 5.41) is 15.4. The molecule has 0 fully saturated rings. The molecule has 3 N–H and O–H groups in total. The molecule has 2 heterocycles. The van der Waals surface area contributed by atoms with E-state index in [0.29, 0.717) is 5.13 Å². The molecule has 2 aromatic heterocycles. The van der Waals surface area contributed by atoms with E-state index < -0.39 is 12.0 Å². The van der Waals surface area contributed by atoms with Crippen LogP contribution < -0.4 is 10.6 Å². The summed E-state index contributed by atoms with van der Waals surface area (Å²) in [6.45, 7) is 3.62. The molecular formula is C19H18N4O3S. The molecule has 0 bridgehead atoms. The molecule has 1 aromatic carbocycles. The molecule has 0 atom stereocenters. The Kier molecular flexibility index (Phi) is 5.46. The molecule has 0 saturated heterocycles. The molecule has 0 spiro atoms. The lowest BCUT2D eigenvalue weighted by Gasteiger charge is -2.06. The molecule has 3 aromatic rings. The molecule has 138 valence electrons. The third-order valence-electron chi connectivity index (χ3n) is 3.72. The summed E-state index contributed by atoms with van der Waals surface area (Å²) >= 11 is 1.29. The SMILES string of the molecule is Cc1cc(-c2cccc(-c3csc(NC(=O)CNC(=O)O)n3)c2)cc(C)n1. The zero-order chi connectivity index (χ0) is 19.4. The lowest BCUT2D eigenvalue weighted by molar-refractivity contribution is -0.115. The van der Waals surface area contributed by atoms with Gasteiger partial charge in [0.05, 0.1) is 5.69 Å². The number of rotatable bonds is 5. The molecule has 0 aliphatic heterocycles. The highest BCUT2D eigenvalue weighted by Gasteiger charge is 2.10. The number of amides is 2. The van der Waals surface area contributed by atoms with E-state index in [-0.39, 0.29) is 6.54 Å². The zero-order valence-corrected chi connectivity index (χ0v) is 15.6. The Balaban J connectivity index is 1.79. The number of pyridine rings is 1. The van der Waals surface area contributed by atoms with Crippen LogP contribution in [-0.4, -0.2) is 33.6 Å². The fourth-order valence-corrected chi connectivity index (χ4v) is 3.38. The number of hydrogen-bond donors (Lipinski definition) is 3. The average Bonchev–Trinajstić information content (AvgIpc) is 3.08. The number of anilines is 1. The summed E-state index contributed by atoms with van der Waals surface area (Å²) in [4.78, 5) is 30.9. The fraction of sp³-hybridized carbons (Fsp3) is 0.158. The number of aryl methyl sites for hydroxylation is 2. The second-order valence-electron chi connectivity index (χ2n) is 5.96. The molecule has 2 amide bonds. The summed E-state index contributed by atoms with van der Waals surface area (Å²) in [6.07, 6.45) is -1.25. The highest BCUT2D eigenvalue weighted by atomic mass is 32.1. The first-order chi connectivity index (χ1) is 12.9. The molecule has 7 nitrogen and oxygen atoms in total. The van der Waals surface area contributed by atoms with E-state index in [0.717, 1.165) is 33.8 Å². The van der Waals surface area contributed by atoms with E-state index in [1.165, 1.54) is 11.3 Å². The molecule has 0 radical (unpaired) electrons. The van der Waals surface area contributed by atoms with Crippen molar-refractivity contribution in [3.63, 3.8) is 0 Å². The summed E-state index contributed by atoms with van der Waals surface area (Å²) in [6, 6.07) is 12.1. The van der Waals surface area contributed by atoms with E-state index >= 15 is 0 Å². The predicted molar refractivity (Wildman–Crippen MR) is 105 cm³/mol. The van der Waals surface area contributed by atoms with Gasteiger partial charge >= 0.3 is 6.09 Å². The molecule has 8 heteroatoms. The smallest absolute Gasteiger partial charge is 0.405 e. The predicted octanol–water partition coefficient (Wildman–Crippen LogP) is 3.70. The maximum absolute atomic E-state index is 11.7. The van der Waals surface area contributed by atoms with Crippen LogP contribution in [0.25, 0.3) is 22.4 Å². The maximum Gasteiger partial charge on any atom is 0.405 e. The topological polar surface area (TPSA) is 104 Å². The first kappa shape index (κ1) is 18.5. The summed E-state index contributed by atoms with van der Waals surface area (Å²) in [5.41, 5.74) is 5.75. The third-order valence-corrected chi connectivity index (χ3v) is 4.48. The first-order valence-electron chi connectivity index (χ1n) is 8.19. The molecule has 0 unspecified atom stereocenters. The van der Waals surface area contributed by atoms with E-state index in [4.69, 9.17) is 5.11 Å². The average molecular weight is 382 g/mol. The molecule has 0 saturated carbocycles. The van der Waals surface area contributed by atoms with Crippen molar-refractivity contribution in [1.82, 2.24) is 15.3 Å². The van der Waals surface area contributed by atoms with Gasteiger partial charge in [0.25, 0.3) is 0 Å². The summed E-state index contributed by atoms with van der Waals surface area (Å²) < 4.78 is 0. The van der Waals surface area contributed by atoms with Gasteiger partial charge < -0.3 is 15.7 Å². The van der Waals surface area contributed by atoms with Gasteiger partial charge in [-0.3, -0.25) is 9.78 Å². The van der Waals surface area contributed by atoms with Gasteiger partial charge in [-0.15, -0.1) is 11.3 Å². The Morgan fingerprint density at radius 2 is 1.74 bits per heavy atom. The van der Waals surface area contributed by atoms with Crippen molar-refractivity contribution in [1.29, 1.82) is 0 Å². The molecule has 0 aliphatic carbocycles. The number of nitrogens with one attached hydrogen (secondary N) is 2. The van der Waals surface area contributed by atoms with E-state index in [9.17, 15) is 9.59 Å². The molecule has 3 rings (SSSR count). The number of nitrogens with zero attached hydrogens (tertiary/aromatic N) is 2. The number of carboxylic acid groups (broad SMARTS) is 1. The van der Waals surface area contributed by atoms with Crippen LogP contribution in [0.15, 0.2) is 41.8 Å². The molecule has 0 aliphatic rings. The quantitative estimate of drug-likeness (QED) is 0.624. The number of carbonyl (C=O) groups excluding carboxylic acids is 1. The fourth-order valence-electron chi connectivity index (χ4n) is 2.64. The van der Waals surface area contributed by atoms with Crippen LogP contribution in [0, 0.1) is 13.8 Å². The van der Waals surface area contributed by atoms with Crippen molar-refractivity contribution in [2.75, 3.05) is 11.9 Å². The van der Waals surface area contributed by atoms with E-state index in [2.05, 4.69) is 15.3 Å². The number of hydrogen-bond acceptors (Lipinski definition) is 5. The monoisotopic (exact) mass is 382 g/mol. The van der Waals surface area contributed by atoms with Crippen LogP contribution in [-0.2, 0) is 4.79 Å². The van der Waals surface area contributed by atoms with Gasteiger partial charge in [0.1, 0.15) is 6.54 Å². The normalized spacial score (nSPS) is 10.4. The number of aromatic nitrogens is 2. The Bertz CT molecular complexity index is 980. The van der Waals surface area contributed by atoms with Gasteiger partial charge in [0.15, 0.2) is 5.13 Å². The highest BCUT2D eigenvalue weighted by Crippen LogP contribution is 2.29. The minimum atomic E-state index is -1.25. The second-order valence-corrected chi connectivity index (χ2v) is 6.82. The van der Waals surface area contributed by atoms with Crippen molar-refractivity contribution in [3.05, 3.63) is 53.2 Å². The lowest BCUT2D eigenvalue weighted by atomic mass is 10.0. The van der Waals surface area contributed by atoms with Crippen LogP contribution in [0.5, 0.6) is 0 Å². The summed E-state index contributed by atoms with van der Waals surface area (Å²) in [5.74, 6) is -0.463. The number of thiazole rings is 1. The zero-order valence-electron chi connectivity index (χ0n) is 14.8. The largest absolute Gasteiger partial charge is 0.465 e. The lowest BCUT2D eigenvalue weighted by Crippen LogP contribution is -2.31. The maximum atomic E-state index is 11.7. The summed E-state index contributed by atoms with van der Waals surface area (Å²) in [7, 11) is 0. The van der Waals surface area contributed by atoms with Crippen molar-refractivity contribution >= 4 is 28.5 Å². The Labute approximate surface area is 160 Å². The van der Waals surface area contributed by atoms with Gasteiger partial charge in [0, 0.05) is 22.3 Å². The van der Waals surface area contributed by atoms with Gasteiger partial charge in [-0.05, 0) is 43.2 Å². The van der Waals surface area contributed by atoms with Gasteiger partial charge in [-0.2, -0.15) is 0 Å². The van der Waals surface area contributed by atoms with E-state index in [1.54, 1.807) is 0 Å². The van der Waals surface area contributed by atoms with Gasteiger partial charge in [-0.25, -0.2) is 9.78 Å². The number of carbonyl (C=O) groups is 2. The molecule has 27 heavy (non-hydrogen) atoms. The van der Waals surface area contributed by atoms with Crippen LogP contribution >= 0.6 is 11.3 Å². The molecular weight excluding hydrogens is 364 g/mol. The van der Waals surface area contributed by atoms with Crippen molar-refractivity contribution in [3.8, 4) is 22.4 Å². The Morgan fingerprint density at radius 3 is 2.44 bits per heavy atom. The van der Waals surface area contributed by atoms with Crippen molar-refractivity contribution in [2.24, 2.45) is 0 Å². The van der Waals surface area contributed by atoms with Crippen LogP contribution in [0.3, 0.4) is 0 Å². The van der Waals surface area contributed by atoms with Gasteiger partial charge in [-0.1, -0.05) is 18.2 Å². The minimum Gasteiger partial charge on any atom is -0.465 e. The number of benzene rings is 1. The van der Waals surface area contributed by atoms with Crippen molar-refractivity contribution in [2.45, 2.75) is 13.8 Å². The highest BCUT2D eigenvalue weighted by molar-refractivity contribution is 7.14. The van der Waals surface area contributed by atoms with Crippen LogP contribution in [0.4, 0.5) is 9.93 Å². The first-order valence-corrected chi connectivity index (χ1v) is 9.07. The van der Waals surface area contributed by atoms with E-state index in [1.807, 2.05) is 60.9 Å². The van der Waals surface area contributed by atoms with Crippen LogP contribution in [0.1, 0.15) is 11.4 Å². The van der Waals surface area contributed by atoms with Crippen LogP contribution in [0.2, 0.25) is 0 Å². The minimum absolute atomic E-state index is 0.319. The van der Waals surface area contributed by atoms with Gasteiger partial charge in [0.2, 0.25) is 5.91 Å². The standard InChI is InChI=1S/C19H18N4O3S/c1-11-6-15(7-12(2)21-11)13-4-3-5-14(8-13)16-10-27-18(22-16)23-17(24)9-20-19(25)26/h3-8,10,20H,9H2,1-2H3,(H,25,26)(H,22,23,24). The Morgan fingerprint density at radius 1 is 1.04 bits per heavy atom. The third kappa shape index (κ3) is 4.89. The Hall–Kier alpha value is -3.26. The van der Waals surface area contributed by atoms with Crippen molar-refractivity contribution < 1.29 is 14.7 Å².